The third kappa shape index (κ3) is 5.28. The van der Waals surface area contributed by atoms with E-state index in [-0.39, 0.29) is 0 Å². The van der Waals surface area contributed by atoms with Gasteiger partial charge in [0, 0.05) is 19.1 Å². The molecule has 0 radical (unpaired) electrons. The summed E-state index contributed by atoms with van der Waals surface area (Å²) in [5.41, 5.74) is 1.16. The van der Waals surface area contributed by atoms with Gasteiger partial charge >= 0.3 is 0 Å². The number of nitrogens with zero attached hydrogens (tertiary/aromatic N) is 2. The smallest absolute Gasteiger partial charge is 0.0900 e. The highest BCUT2D eigenvalue weighted by Crippen LogP contribution is 2.20. The zero-order chi connectivity index (χ0) is 15.9. The molecule has 2 fully saturated rings. The van der Waals surface area contributed by atoms with Crippen LogP contribution in [0, 0.1) is 0 Å². The Kier molecular flexibility index (Phi) is 6.46. The SMILES string of the molecule is O[C@H](COCc1ccccc1)CN1CCC[C@@H](N2CCCC2)C1. The molecule has 0 spiro atoms. The third-order valence-corrected chi connectivity index (χ3v) is 5.03. The molecule has 2 atom stereocenters. The monoisotopic (exact) mass is 318 g/mol. The topological polar surface area (TPSA) is 35.9 Å². The minimum absolute atomic E-state index is 0.393. The van der Waals surface area contributed by atoms with Crippen LogP contribution in [-0.4, -0.2) is 66.4 Å². The average Bonchev–Trinajstić information content (AvgIpc) is 3.11. The number of likely N-dealkylation sites (tertiary alicyclic amines) is 2. The van der Waals surface area contributed by atoms with E-state index in [1.807, 2.05) is 18.2 Å². The standard InChI is InChI=1S/C19H30N2O2/c22-19(16-23-15-17-7-2-1-3-8-17)14-20-10-6-9-18(13-20)21-11-4-5-12-21/h1-3,7-8,18-19,22H,4-6,9-16H2/t18-,19+/m1/s1. The van der Waals surface area contributed by atoms with Gasteiger partial charge in [0.15, 0.2) is 0 Å². The molecule has 1 N–H and O–H groups in total. The van der Waals surface area contributed by atoms with E-state index in [9.17, 15) is 5.11 Å². The van der Waals surface area contributed by atoms with Crippen molar-refractivity contribution in [2.45, 2.75) is 44.4 Å². The summed E-state index contributed by atoms with van der Waals surface area (Å²) in [5, 5.41) is 10.3. The number of hydrogen-bond acceptors (Lipinski definition) is 4. The molecule has 2 aliphatic rings. The van der Waals surface area contributed by atoms with Gasteiger partial charge in [-0.15, -0.1) is 0 Å². The van der Waals surface area contributed by atoms with Crippen LogP contribution in [0.3, 0.4) is 0 Å². The number of aliphatic hydroxyl groups is 1. The summed E-state index contributed by atoms with van der Waals surface area (Å²) in [5.74, 6) is 0. The fraction of sp³-hybridized carbons (Fsp3) is 0.684. The average molecular weight is 318 g/mol. The van der Waals surface area contributed by atoms with E-state index in [0.29, 0.717) is 19.3 Å². The normalized spacial score (nSPS) is 24.8. The summed E-state index contributed by atoms with van der Waals surface area (Å²) >= 11 is 0. The second kappa shape index (κ2) is 8.78. The molecule has 0 saturated carbocycles. The molecule has 2 aliphatic heterocycles. The van der Waals surface area contributed by atoms with Crippen LogP contribution in [-0.2, 0) is 11.3 Å². The summed E-state index contributed by atoms with van der Waals surface area (Å²) in [4.78, 5) is 5.06. The van der Waals surface area contributed by atoms with Gasteiger partial charge in [0.25, 0.3) is 0 Å². The van der Waals surface area contributed by atoms with E-state index < -0.39 is 6.10 Å². The predicted octanol–water partition coefficient (Wildman–Crippen LogP) is 2.12. The van der Waals surface area contributed by atoms with Crippen molar-refractivity contribution in [3.63, 3.8) is 0 Å². The van der Waals surface area contributed by atoms with Gasteiger partial charge in [-0.1, -0.05) is 30.3 Å². The van der Waals surface area contributed by atoms with Gasteiger partial charge in [0.1, 0.15) is 0 Å². The molecule has 23 heavy (non-hydrogen) atoms. The summed E-state index contributed by atoms with van der Waals surface area (Å²) < 4.78 is 5.66. The van der Waals surface area contributed by atoms with Crippen molar-refractivity contribution in [3.05, 3.63) is 35.9 Å². The second-order valence-electron chi connectivity index (χ2n) is 6.95. The molecule has 3 rings (SSSR count). The molecule has 0 unspecified atom stereocenters. The molecule has 0 amide bonds. The van der Waals surface area contributed by atoms with Crippen molar-refractivity contribution in [2.75, 3.05) is 39.3 Å². The molecule has 1 aromatic rings. The molecule has 0 aliphatic carbocycles. The largest absolute Gasteiger partial charge is 0.389 e. The van der Waals surface area contributed by atoms with Crippen LogP contribution in [0.2, 0.25) is 0 Å². The van der Waals surface area contributed by atoms with Crippen LogP contribution in [0.4, 0.5) is 0 Å². The van der Waals surface area contributed by atoms with Crippen molar-refractivity contribution >= 4 is 0 Å². The molecule has 4 nitrogen and oxygen atoms in total. The van der Waals surface area contributed by atoms with Crippen LogP contribution >= 0.6 is 0 Å². The van der Waals surface area contributed by atoms with Gasteiger partial charge in [-0.25, -0.2) is 0 Å². The molecule has 2 saturated heterocycles. The molecule has 0 bridgehead atoms. The highest BCUT2D eigenvalue weighted by atomic mass is 16.5. The number of aliphatic hydroxyl groups excluding tert-OH is 1. The maximum Gasteiger partial charge on any atom is 0.0900 e. The van der Waals surface area contributed by atoms with E-state index in [4.69, 9.17) is 4.74 Å². The fourth-order valence-electron chi connectivity index (χ4n) is 3.84. The van der Waals surface area contributed by atoms with Crippen molar-refractivity contribution in [1.29, 1.82) is 0 Å². The Labute approximate surface area is 140 Å². The summed E-state index contributed by atoms with van der Waals surface area (Å²) in [6, 6.07) is 10.8. The van der Waals surface area contributed by atoms with Gasteiger partial charge in [-0.05, 0) is 50.9 Å². The Morgan fingerprint density at radius 1 is 1.09 bits per heavy atom. The lowest BCUT2D eigenvalue weighted by Crippen LogP contribution is -2.49. The quantitative estimate of drug-likeness (QED) is 0.835. The van der Waals surface area contributed by atoms with Gasteiger partial charge in [-0.2, -0.15) is 0 Å². The maximum atomic E-state index is 10.3. The van der Waals surface area contributed by atoms with Crippen molar-refractivity contribution < 1.29 is 9.84 Å². The summed E-state index contributed by atoms with van der Waals surface area (Å²) in [7, 11) is 0. The lowest BCUT2D eigenvalue weighted by molar-refractivity contribution is -0.000316. The molecule has 4 heteroatoms. The Morgan fingerprint density at radius 2 is 1.87 bits per heavy atom. The molecule has 128 valence electrons. The number of rotatable bonds is 7. The molecule has 0 aromatic heterocycles. The minimum atomic E-state index is -0.393. The predicted molar refractivity (Wildman–Crippen MR) is 92.4 cm³/mol. The van der Waals surface area contributed by atoms with Crippen LogP contribution in [0.15, 0.2) is 30.3 Å². The fourth-order valence-corrected chi connectivity index (χ4v) is 3.84. The van der Waals surface area contributed by atoms with Gasteiger partial charge in [0.05, 0.1) is 19.3 Å². The van der Waals surface area contributed by atoms with Crippen molar-refractivity contribution in [1.82, 2.24) is 9.80 Å². The lowest BCUT2D eigenvalue weighted by Gasteiger charge is -2.38. The number of hydrogen-bond donors (Lipinski definition) is 1. The van der Waals surface area contributed by atoms with E-state index in [1.165, 1.54) is 38.8 Å². The van der Waals surface area contributed by atoms with Crippen LogP contribution in [0.1, 0.15) is 31.2 Å². The van der Waals surface area contributed by atoms with Crippen LogP contribution in [0.25, 0.3) is 0 Å². The number of ether oxygens (including phenoxy) is 1. The number of benzene rings is 1. The maximum absolute atomic E-state index is 10.3. The number of β-amino-alcohol motifs (C(OH)–C–C–N with tert-alkyl or cyclic N) is 1. The Hall–Kier alpha value is -0.940. The van der Waals surface area contributed by atoms with Gasteiger partial charge < -0.3 is 9.84 Å². The molecular weight excluding hydrogens is 288 g/mol. The van der Waals surface area contributed by atoms with E-state index in [1.54, 1.807) is 0 Å². The molecular formula is C19H30N2O2. The Morgan fingerprint density at radius 3 is 2.65 bits per heavy atom. The van der Waals surface area contributed by atoms with Crippen LogP contribution < -0.4 is 0 Å². The first-order chi connectivity index (χ1) is 11.3. The number of piperidine rings is 1. The first-order valence-electron chi connectivity index (χ1n) is 9.07. The molecule has 1 aromatic carbocycles. The zero-order valence-corrected chi connectivity index (χ0v) is 14.1. The van der Waals surface area contributed by atoms with Crippen LogP contribution in [0.5, 0.6) is 0 Å². The van der Waals surface area contributed by atoms with Gasteiger partial charge in [0.2, 0.25) is 0 Å². The van der Waals surface area contributed by atoms with Crippen molar-refractivity contribution in [2.24, 2.45) is 0 Å². The minimum Gasteiger partial charge on any atom is -0.389 e. The van der Waals surface area contributed by atoms with Gasteiger partial charge in [-0.3, -0.25) is 9.80 Å². The van der Waals surface area contributed by atoms with Crippen molar-refractivity contribution in [3.8, 4) is 0 Å². The first kappa shape index (κ1) is 16.9. The van der Waals surface area contributed by atoms with E-state index in [0.717, 1.165) is 25.2 Å². The Bertz CT molecular complexity index is 448. The van der Waals surface area contributed by atoms with E-state index in [2.05, 4.69) is 21.9 Å². The first-order valence-corrected chi connectivity index (χ1v) is 9.07. The molecule has 2 heterocycles. The van der Waals surface area contributed by atoms with E-state index >= 15 is 0 Å². The third-order valence-electron chi connectivity index (χ3n) is 5.03. The zero-order valence-electron chi connectivity index (χ0n) is 14.1. The highest BCUT2D eigenvalue weighted by molar-refractivity contribution is 5.13. The second-order valence-corrected chi connectivity index (χ2v) is 6.95. The summed E-state index contributed by atoms with van der Waals surface area (Å²) in [6.45, 7) is 6.48. The summed E-state index contributed by atoms with van der Waals surface area (Å²) in [6.07, 6.45) is 4.88. The highest BCUT2D eigenvalue weighted by Gasteiger charge is 2.27. The lowest BCUT2D eigenvalue weighted by atomic mass is 10.0. The Balaban J connectivity index is 1.36.